The van der Waals surface area contributed by atoms with Gasteiger partial charge in [-0.3, -0.25) is 4.79 Å². The van der Waals surface area contributed by atoms with E-state index in [4.69, 9.17) is 5.73 Å². The molecule has 0 spiro atoms. The van der Waals surface area contributed by atoms with Crippen LogP contribution >= 0.6 is 12.4 Å². The minimum Gasteiger partial charge on any atom is -0.426 e. The van der Waals surface area contributed by atoms with E-state index in [9.17, 15) is 14.8 Å². The standard InChI is InChI=1S/C17H26BN5O3.ClH/c19-11-5-4-8-15(18(25)26)22-17(24)12-23-16(20-13-21-23)10-9-14-6-2-1-3-7-14;/h1-3,6-7,13,15,25-26H,4-5,8-12,19H2,(H,22,24);1H/t15-;/m0./s1. The molecule has 1 amide bonds. The van der Waals surface area contributed by atoms with Gasteiger partial charge >= 0.3 is 7.12 Å². The van der Waals surface area contributed by atoms with Crippen LogP contribution < -0.4 is 11.1 Å². The van der Waals surface area contributed by atoms with E-state index in [0.717, 1.165) is 12.8 Å². The summed E-state index contributed by atoms with van der Waals surface area (Å²) in [6, 6.07) is 10.0. The molecule has 2 rings (SSSR count). The molecule has 0 aliphatic rings. The molecule has 27 heavy (non-hydrogen) atoms. The molecule has 1 heterocycles. The van der Waals surface area contributed by atoms with E-state index in [-0.39, 0.29) is 24.9 Å². The number of carbonyl (C=O) groups is 1. The van der Waals surface area contributed by atoms with Gasteiger partial charge in [-0.05, 0) is 31.4 Å². The molecule has 1 atom stereocenters. The highest BCUT2D eigenvalue weighted by molar-refractivity contribution is 6.43. The molecule has 0 aliphatic heterocycles. The molecule has 148 valence electrons. The lowest BCUT2D eigenvalue weighted by atomic mass is 9.76. The van der Waals surface area contributed by atoms with Gasteiger partial charge in [-0.2, -0.15) is 5.10 Å². The van der Waals surface area contributed by atoms with Gasteiger partial charge in [-0.25, -0.2) is 9.67 Å². The molecule has 0 fully saturated rings. The van der Waals surface area contributed by atoms with E-state index >= 15 is 0 Å². The Kier molecular flexibility index (Phi) is 10.7. The van der Waals surface area contributed by atoms with Gasteiger partial charge in [-0.1, -0.05) is 36.8 Å². The average Bonchev–Trinajstić information content (AvgIpc) is 3.07. The van der Waals surface area contributed by atoms with Crippen LogP contribution in [0.2, 0.25) is 0 Å². The minimum atomic E-state index is -1.61. The Labute approximate surface area is 165 Å². The summed E-state index contributed by atoms with van der Waals surface area (Å²) in [6.07, 6.45) is 4.83. The Morgan fingerprint density at radius 1 is 1.22 bits per heavy atom. The number of amides is 1. The third kappa shape index (κ3) is 8.09. The van der Waals surface area contributed by atoms with Gasteiger partial charge in [0.25, 0.3) is 0 Å². The first kappa shape index (κ1) is 23.1. The van der Waals surface area contributed by atoms with Gasteiger partial charge in [0.15, 0.2) is 0 Å². The van der Waals surface area contributed by atoms with Crippen molar-refractivity contribution in [1.29, 1.82) is 0 Å². The van der Waals surface area contributed by atoms with Crippen molar-refractivity contribution in [2.24, 2.45) is 5.73 Å². The first-order valence-corrected chi connectivity index (χ1v) is 8.86. The number of aryl methyl sites for hydroxylation is 2. The second-order valence-electron chi connectivity index (χ2n) is 6.19. The lowest BCUT2D eigenvalue weighted by Crippen LogP contribution is -2.47. The Bertz CT molecular complexity index is 672. The average molecular weight is 396 g/mol. The van der Waals surface area contributed by atoms with Crippen LogP contribution in [0, 0.1) is 0 Å². The van der Waals surface area contributed by atoms with Crippen molar-refractivity contribution in [3.63, 3.8) is 0 Å². The highest BCUT2D eigenvalue weighted by atomic mass is 35.5. The summed E-state index contributed by atoms with van der Waals surface area (Å²) in [5.41, 5.74) is 6.63. The summed E-state index contributed by atoms with van der Waals surface area (Å²) >= 11 is 0. The Hall–Kier alpha value is -1.94. The van der Waals surface area contributed by atoms with Crippen molar-refractivity contribution in [1.82, 2.24) is 20.1 Å². The lowest BCUT2D eigenvalue weighted by molar-refractivity contribution is -0.122. The number of aromatic nitrogens is 3. The van der Waals surface area contributed by atoms with Crippen LogP contribution in [0.25, 0.3) is 0 Å². The highest BCUT2D eigenvalue weighted by Crippen LogP contribution is 2.06. The predicted molar refractivity (Wildman–Crippen MR) is 106 cm³/mol. The molecule has 0 saturated heterocycles. The molecule has 1 aromatic heterocycles. The number of halogens is 1. The second kappa shape index (κ2) is 12.5. The van der Waals surface area contributed by atoms with Gasteiger partial charge in [-0.15, -0.1) is 12.4 Å². The third-order valence-corrected chi connectivity index (χ3v) is 4.14. The van der Waals surface area contributed by atoms with Gasteiger partial charge in [0.05, 0.1) is 5.94 Å². The molecule has 1 aromatic carbocycles. The van der Waals surface area contributed by atoms with E-state index in [1.165, 1.54) is 11.9 Å². The highest BCUT2D eigenvalue weighted by Gasteiger charge is 2.25. The van der Waals surface area contributed by atoms with Crippen LogP contribution in [-0.2, 0) is 24.2 Å². The fraction of sp³-hybridized carbons (Fsp3) is 0.471. The first-order valence-electron chi connectivity index (χ1n) is 8.86. The second-order valence-corrected chi connectivity index (χ2v) is 6.19. The number of nitrogens with two attached hydrogens (primary N) is 1. The van der Waals surface area contributed by atoms with Crippen molar-refractivity contribution in [3.8, 4) is 0 Å². The normalized spacial score (nSPS) is 11.5. The fourth-order valence-corrected chi connectivity index (χ4v) is 2.71. The summed E-state index contributed by atoms with van der Waals surface area (Å²) in [7, 11) is -1.61. The number of rotatable bonds is 11. The van der Waals surface area contributed by atoms with Gasteiger partial charge in [0.1, 0.15) is 18.7 Å². The molecule has 5 N–H and O–H groups in total. The van der Waals surface area contributed by atoms with Gasteiger partial charge in [0, 0.05) is 6.42 Å². The molecular weight excluding hydrogens is 368 g/mol. The summed E-state index contributed by atoms with van der Waals surface area (Å²) in [5, 5.41) is 25.6. The number of nitrogens with zero attached hydrogens (tertiary/aromatic N) is 3. The van der Waals surface area contributed by atoms with Crippen LogP contribution in [0.3, 0.4) is 0 Å². The molecule has 0 radical (unpaired) electrons. The van der Waals surface area contributed by atoms with Crippen LogP contribution in [0.15, 0.2) is 36.7 Å². The van der Waals surface area contributed by atoms with Crippen LogP contribution in [0.1, 0.15) is 30.7 Å². The maximum Gasteiger partial charge on any atom is 0.475 e. The van der Waals surface area contributed by atoms with Crippen molar-refractivity contribution in [2.75, 3.05) is 6.54 Å². The molecule has 8 nitrogen and oxygen atoms in total. The molecule has 0 aliphatic carbocycles. The number of hydrogen-bond acceptors (Lipinski definition) is 6. The van der Waals surface area contributed by atoms with Crippen LogP contribution in [-0.4, -0.2) is 50.3 Å². The lowest BCUT2D eigenvalue weighted by Gasteiger charge is -2.17. The minimum absolute atomic E-state index is 0. The van der Waals surface area contributed by atoms with Crippen LogP contribution in [0.5, 0.6) is 0 Å². The van der Waals surface area contributed by atoms with Gasteiger partial charge < -0.3 is 21.1 Å². The number of benzene rings is 1. The largest absolute Gasteiger partial charge is 0.475 e. The number of hydrogen-bond donors (Lipinski definition) is 4. The summed E-state index contributed by atoms with van der Waals surface area (Å²) in [4.78, 5) is 16.5. The van der Waals surface area contributed by atoms with E-state index in [2.05, 4.69) is 15.4 Å². The summed E-state index contributed by atoms with van der Waals surface area (Å²) in [5.74, 6) is -0.333. The number of carbonyl (C=O) groups excluding carboxylic acids is 1. The molecule has 2 aromatic rings. The van der Waals surface area contributed by atoms with Gasteiger partial charge in [0.2, 0.25) is 5.91 Å². The quantitative estimate of drug-likeness (QED) is 0.316. The third-order valence-electron chi connectivity index (χ3n) is 4.14. The SMILES string of the molecule is Cl.NCCCC[C@H](NC(=O)Cn1ncnc1CCc1ccccc1)B(O)O. The maximum absolute atomic E-state index is 12.2. The zero-order valence-electron chi connectivity index (χ0n) is 15.2. The summed E-state index contributed by atoms with van der Waals surface area (Å²) in [6.45, 7) is 0.524. The summed E-state index contributed by atoms with van der Waals surface area (Å²) < 4.78 is 1.54. The van der Waals surface area contributed by atoms with E-state index in [1.807, 2.05) is 30.3 Å². The monoisotopic (exact) mass is 395 g/mol. The fourth-order valence-electron chi connectivity index (χ4n) is 2.71. The van der Waals surface area contributed by atoms with Crippen molar-refractivity contribution >= 4 is 25.4 Å². The Morgan fingerprint density at radius 3 is 2.63 bits per heavy atom. The topological polar surface area (TPSA) is 126 Å². The van der Waals surface area contributed by atoms with E-state index in [1.54, 1.807) is 4.68 Å². The molecule has 0 saturated carbocycles. The molecule has 0 unspecified atom stereocenters. The van der Waals surface area contributed by atoms with Crippen LogP contribution in [0.4, 0.5) is 0 Å². The smallest absolute Gasteiger partial charge is 0.426 e. The van der Waals surface area contributed by atoms with Crippen molar-refractivity contribution in [2.45, 2.75) is 44.6 Å². The Morgan fingerprint density at radius 2 is 1.96 bits per heavy atom. The maximum atomic E-state index is 12.2. The zero-order chi connectivity index (χ0) is 18.8. The molecule has 10 heteroatoms. The van der Waals surface area contributed by atoms with E-state index in [0.29, 0.717) is 31.6 Å². The van der Waals surface area contributed by atoms with Crippen molar-refractivity contribution in [3.05, 3.63) is 48.0 Å². The zero-order valence-corrected chi connectivity index (χ0v) is 16.0. The molecular formula is C17H27BClN5O3. The predicted octanol–water partition coefficient (Wildman–Crippen LogP) is 0.111. The molecule has 0 bridgehead atoms. The number of unbranched alkanes of at least 4 members (excludes halogenated alkanes) is 1. The van der Waals surface area contributed by atoms with Crippen molar-refractivity contribution < 1.29 is 14.8 Å². The van der Waals surface area contributed by atoms with E-state index < -0.39 is 13.1 Å². The first-order chi connectivity index (χ1) is 12.6. The Balaban J connectivity index is 0.00000364. The number of nitrogens with one attached hydrogen (secondary N) is 1.